The molecule has 1 saturated heterocycles. The van der Waals surface area contributed by atoms with Crippen LogP contribution >= 0.6 is 0 Å². The lowest BCUT2D eigenvalue weighted by Gasteiger charge is -2.32. The maximum absolute atomic E-state index is 6.38. The van der Waals surface area contributed by atoms with Crippen LogP contribution in [0.1, 0.15) is 128 Å². The minimum Gasteiger partial charge on any atom is -0.378 e. The third-order valence-electron chi connectivity index (χ3n) is 7.86. The Morgan fingerprint density at radius 3 is 1.31 bits per heavy atom. The summed E-state index contributed by atoms with van der Waals surface area (Å²) in [6.45, 7) is 1.03. The van der Waals surface area contributed by atoms with Crippen molar-refractivity contribution in [2.24, 2.45) is 17.8 Å². The summed E-state index contributed by atoms with van der Waals surface area (Å²) in [5, 5.41) is 0. The molecule has 3 aliphatic rings. The molecule has 4 atom stereocenters. The van der Waals surface area contributed by atoms with Gasteiger partial charge in [-0.1, -0.05) is 103 Å². The highest BCUT2D eigenvalue weighted by molar-refractivity contribution is 4.77. The molecule has 3 rings (SSSR count). The largest absolute Gasteiger partial charge is 0.378 e. The SMILES string of the molecule is C1CCCC2CCCCC2CCCCCCOC2CCCCC2CCC1. The first kappa shape index (κ1) is 20.7. The van der Waals surface area contributed by atoms with Crippen LogP contribution in [0.3, 0.4) is 0 Å². The van der Waals surface area contributed by atoms with Crippen molar-refractivity contribution in [3.8, 4) is 0 Å². The Hall–Kier alpha value is -0.0400. The van der Waals surface area contributed by atoms with Crippen LogP contribution in [-0.2, 0) is 4.74 Å². The standard InChI is InChI=1S/C25H46O/c1-2-6-14-22-16-9-10-17-23(22)15-7-4-5-13-21-26-25-20-12-11-19-24(25)18-8-3-1/h22-25H,1-21H2. The van der Waals surface area contributed by atoms with Crippen LogP contribution in [0, 0.1) is 17.8 Å². The molecule has 2 saturated carbocycles. The molecule has 0 amide bonds. The van der Waals surface area contributed by atoms with E-state index < -0.39 is 0 Å². The third kappa shape index (κ3) is 7.17. The van der Waals surface area contributed by atoms with Crippen LogP contribution in [0.25, 0.3) is 0 Å². The first-order chi connectivity index (χ1) is 12.9. The molecule has 3 fully saturated rings. The van der Waals surface area contributed by atoms with E-state index in [0.29, 0.717) is 6.10 Å². The molecular weight excluding hydrogens is 316 g/mol. The highest BCUT2D eigenvalue weighted by atomic mass is 16.5. The summed E-state index contributed by atoms with van der Waals surface area (Å²) in [7, 11) is 0. The topological polar surface area (TPSA) is 9.23 Å². The van der Waals surface area contributed by atoms with Crippen molar-refractivity contribution >= 4 is 0 Å². The van der Waals surface area contributed by atoms with Crippen molar-refractivity contribution in [2.75, 3.05) is 6.61 Å². The van der Waals surface area contributed by atoms with Crippen LogP contribution in [0.2, 0.25) is 0 Å². The Bertz CT molecular complexity index is 286. The zero-order valence-corrected chi connectivity index (χ0v) is 17.6. The molecule has 1 aliphatic heterocycles. The molecule has 26 heavy (non-hydrogen) atoms. The average molecular weight is 363 g/mol. The predicted molar refractivity (Wildman–Crippen MR) is 113 cm³/mol. The molecule has 4 unspecified atom stereocenters. The second kappa shape index (κ2) is 12.4. The van der Waals surface area contributed by atoms with E-state index in [2.05, 4.69) is 0 Å². The number of hydrogen-bond acceptors (Lipinski definition) is 1. The van der Waals surface area contributed by atoms with Crippen molar-refractivity contribution in [3.05, 3.63) is 0 Å². The molecule has 0 radical (unpaired) electrons. The molecule has 0 N–H and O–H groups in total. The summed E-state index contributed by atoms with van der Waals surface area (Å²) in [4.78, 5) is 0. The van der Waals surface area contributed by atoms with Gasteiger partial charge in [-0.2, -0.15) is 0 Å². The maximum atomic E-state index is 6.38. The van der Waals surface area contributed by atoms with Gasteiger partial charge in [0, 0.05) is 6.61 Å². The van der Waals surface area contributed by atoms with Crippen LogP contribution in [0.15, 0.2) is 0 Å². The highest BCUT2D eigenvalue weighted by Gasteiger charge is 2.26. The van der Waals surface area contributed by atoms with E-state index in [9.17, 15) is 0 Å². The molecule has 0 spiro atoms. The number of hydrogen-bond donors (Lipinski definition) is 0. The quantitative estimate of drug-likeness (QED) is 0.423. The maximum Gasteiger partial charge on any atom is 0.0603 e. The summed E-state index contributed by atoms with van der Waals surface area (Å²) in [6, 6.07) is 0. The molecule has 0 aromatic rings. The van der Waals surface area contributed by atoms with Crippen LogP contribution in [0.4, 0.5) is 0 Å². The first-order valence-electron chi connectivity index (χ1n) is 12.5. The minimum atomic E-state index is 0.602. The average Bonchev–Trinajstić information content (AvgIpc) is 2.68. The molecular formula is C25H46O. The van der Waals surface area contributed by atoms with Gasteiger partial charge in [0.2, 0.25) is 0 Å². The second-order valence-corrected chi connectivity index (χ2v) is 9.81. The summed E-state index contributed by atoms with van der Waals surface area (Å²) in [6.07, 6.45) is 29.9. The number of fused-ring (bicyclic) bond motifs is 2. The molecule has 0 aromatic heterocycles. The van der Waals surface area contributed by atoms with Gasteiger partial charge in [0.15, 0.2) is 0 Å². The summed E-state index contributed by atoms with van der Waals surface area (Å²) in [5.41, 5.74) is 0. The Morgan fingerprint density at radius 2 is 0.731 bits per heavy atom. The lowest BCUT2D eigenvalue weighted by molar-refractivity contribution is -0.0157. The van der Waals surface area contributed by atoms with Gasteiger partial charge >= 0.3 is 0 Å². The van der Waals surface area contributed by atoms with Gasteiger partial charge in [0.1, 0.15) is 0 Å². The molecule has 1 heterocycles. The Morgan fingerprint density at radius 1 is 0.346 bits per heavy atom. The van der Waals surface area contributed by atoms with Gasteiger partial charge in [-0.15, -0.1) is 0 Å². The van der Waals surface area contributed by atoms with Crippen molar-refractivity contribution < 1.29 is 4.74 Å². The van der Waals surface area contributed by atoms with E-state index in [1.807, 2.05) is 0 Å². The molecule has 2 aliphatic carbocycles. The Kier molecular flexibility index (Phi) is 9.89. The van der Waals surface area contributed by atoms with Crippen LogP contribution in [0.5, 0.6) is 0 Å². The van der Waals surface area contributed by atoms with Crippen molar-refractivity contribution in [3.63, 3.8) is 0 Å². The lowest BCUT2D eigenvalue weighted by Crippen LogP contribution is -2.28. The van der Waals surface area contributed by atoms with E-state index >= 15 is 0 Å². The highest BCUT2D eigenvalue weighted by Crippen LogP contribution is 2.37. The Labute approximate surface area is 164 Å². The summed E-state index contributed by atoms with van der Waals surface area (Å²) >= 11 is 0. The zero-order valence-electron chi connectivity index (χ0n) is 17.6. The fourth-order valence-corrected chi connectivity index (χ4v) is 6.21. The normalized spacial score (nSPS) is 36.9. The monoisotopic (exact) mass is 362 g/mol. The van der Waals surface area contributed by atoms with E-state index in [1.54, 1.807) is 12.8 Å². The van der Waals surface area contributed by atoms with Crippen molar-refractivity contribution in [2.45, 2.75) is 135 Å². The van der Waals surface area contributed by atoms with E-state index in [4.69, 9.17) is 4.74 Å². The van der Waals surface area contributed by atoms with E-state index in [-0.39, 0.29) is 0 Å². The predicted octanol–water partition coefficient (Wildman–Crippen LogP) is 8.06. The second-order valence-electron chi connectivity index (χ2n) is 9.81. The zero-order chi connectivity index (χ0) is 17.9. The van der Waals surface area contributed by atoms with Crippen molar-refractivity contribution in [1.82, 2.24) is 0 Å². The summed E-state index contributed by atoms with van der Waals surface area (Å²) < 4.78 is 6.38. The van der Waals surface area contributed by atoms with Crippen LogP contribution in [-0.4, -0.2) is 12.7 Å². The first-order valence-corrected chi connectivity index (χ1v) is 12.5. The van der Waals surface area contributed by atoms with Gasteiger partial charge in [-0.25, -0.2) is 0 Å². The Balaban J connectivity index is 1.44. The molecule has 0 bridgehead atoms. The molecule has 152 valence electrons. The fourth-order valence-electron chi connectivity index (χ4n) is 6.21. The van der Waals surface area contributed by atoms with Gasteiger partial charge in [-0.05, 0) is 43.4 Å². The van der Waals surface area contributed by atoms with E-state index in [1.165, 1.54) is 116 Å². The van der Waals surface area contributed by atoms with Gasteiger partial charge in [0.05, 0.1) is 6.10 Å². The van der Waals surface area contributed by atoms with Gasteiger partial charge in [0.25, 0.3) is 0 Å². The molecule has 1 nitrogen and oxygen atoms in total. The van der Waals surface area contributed by atoms with E-state index in [0.717, 1.165) is 24.4 Å². The third-order valence-corrected chi connectivity index (χ3v) is 7.86. The lowest BCUT2D eigenvalue weighted by atomic mass is 9.74. The number of rotatable bonds is 0. The molecule has 0 aromatic carbocycles. The van der Waals surface area contributed by atoms with Crippen molar-refractivity contribution in [1.29, 1.82) is 0 Å². The molecule has 1 heteroatoms. The fraction of sp³-hybridized carbons (Fsp3) is 1.00. The number of ether oxygens (including phenoxy) is 1. The smallest absolute Gasteiger partial charge is 0.0603 e. The van der Waals surface area contributed by atoms with Gasteiger partial charge in [-0.3, -0.25) is 0 Å². The van der Waals surface area contributed by atoms with Crippen LogP contribution < -0.4 is 0 Å². The minimum absolute atomic E-state index is 0.602. The van der Waals surface area contributed by atoms with Gasteiger partial charge < -0.3 is 4.74 Å². The summed E-state index contributed by atoms with van der Waals surface area (Å²) in [5.74, 6) is 3.03.